The maximum Gasteiger partial charge on any atom is 0.408 e. The molecule has 2 amide bonds. The Morgan fingerprint density at radius 3 is 2.12 bits per heavy atom. The summed E-state index contributed by atoms with van der Waals surface area (Å²) in [5, 5.41) is 4.77. The number of carbonyl (C=O) groups is 4. The van der Waals surface area contributed by atoms with Gasteiger partial charge in [-0.2, -0.15) is 0 Å². The highest BCUT2D eigenvalue weighted by Gasteiger charge is 2.29. The molecule has 9 nitrogen and oxygen atoms in total. The van der Waals surface area contributed by atoms with E-state index in [1.807, 2.05) is 0 Å². The van der Waals surface area contributed by atoms with Gasteiger partial charge in [-0.25, -0.2) is 9.59 Å². The van der Waals surface area contributed by atoms with Crippen molar-refractivity contribution >= 4 is 23.9 Å². The number of hydrogen-bond donors (Lipinski definition) is 2. The molecule has 0 aromatic heterocycles. The van der Waals surface area contributed by atoms with Crippen LogP contribution in [0.4, 0.5) is 4.79 Å². The van der Waals surface area contributed by atoms with Gasteiger partial charge in [-0.3, -0.25) is 9.59 Å². The molecule has 0 rings (SSSR count). The Morgan fingerprint density at radius 2 is 1.65 bits per heavy atom. The number of methoxy groups -OCH3 is 2. The van der Waals surface area contributed by atoms with Gasteiger partial charge in [-0.05, 0) is 27.2 Å². The molecule has 0 fully saturated rings. The number of amides is 2. The molecule has 2 atom stereocenters. The lowest BCUT2D eigenvalue weighted by molar-refractivity contribution is -0.145. The number of nitrogens with one attached hydrogen (secondary N) is 2. The summed E-state index contributed by atoms with van der Waals surface area (Å²) in [6.45, 7) is 4.99. The number of ether oxygens (including phenoxy) is 3. The summed E-state index contributed by atoms with van der Waals surface area (Å²) in [5.41, 5.74) is -0.772. The van der Waals surface area contributed by atoms with Gasteiger partial charge in [0.25, 0.3) is 0 Å². The van der Waals surface area contributed by atoms with Crippen LogP contribution >= 0.6 is 0 Å². The maximum absolute atomic E-state index is 12.4. The van der Waals surface area contributed by atoms with Crippen molar-refractivity contribution in [3.05, 3.63) is 0 Å². The molecule has 0 radical (unpaired) electrons. The molecule has 9 heteroatoms. The number of rotatable bonds is 8. The van der Waals surface area contributed by atoms with Gasteiger partial charge in [0.2, 0.25) is 5.91 Å². The first-order chi connectivity index (χ1) is 12.0. The van der Waals surface area contributed by atoms with Crippen LogP contribution < -0.4 is 10.6 Å². The Kier molecular flexibility index (Phi) is 9.81. The molecule has 0 aliphatic heterocycles. The number of alkyl carbamates (subject to hydrolysis) is 1. The van der Waals surface area contributed by atoms with Crippen molar-refractivity contribution in [2.75, 3.05) is 14.2 Å². The first kappa shape index (κ1) is 23.2. The van der Waals surface area contributed by atoms with Gasteiger partial charge in [0.05, 0.1) is 14.2 Å². The first-order valence-corrected chi connectivity index (χ1v) is 7.92. The Labute approximate surface area is 153 Å². The lowest BCUT2D eigenvalue weighted by Crippen LogP contribution is -2.52. The second kappa shape index (κ2) is 11.0. The maximum atomic E-state index is 12.4. The standard InChI is InChI=1S/C17H26N2O7/c1-7-8-12(15(22)25-6)18-14(21)11(9-10-13(20)24-5)19-16(23)26-17(2,3)4/h1,11-12H,8-10H2,2-6H3,(H,18,21)(H,19,23)/t11-,12?/m0/s1. The number of esters is 2. The van der Waals surface area contributed by atoms with E-state index >= 15 is 0 Å². The van der Waals surface area contributed by atoms with Crippen LogP contribution in [0.3, 0.4) is 0 Å². The van der Waals surface area contributed by atoms with Crippen LogP contribution in [0, 0.1) is 12.3 Å². The third-order valence-corrected chi connectivity index (χ3v) is 3.00. The summed E-state index contributed by atoms with van der Waals surface area (Å²) in [6, 6.07) is -2.20. The minimum atomic E-state index is -1.13. The molecule has 0 aromatic carbocycles. The highest BCUT2D eigenvalue weighted by molar-refractivity contribution is 5.90. The van der Waals surface area contributed by atoms with Gasteiger partial charge < -0.3 is 24.8 Å². The van der Waals surface area contributed by atoms with E-state index in [1.165, 1.54) is 7.11 Å². The molecule has 0 aromatic rings. The third-order valence-electron chi connectivity index (χ3n) is 3.00. The zero-order valence-corrected chi connectivity index (χ0v) is 15.7. The lowest BCUT2D eigenvalue weighted by atomic mass is 10.1. The summed E-state index contributed by atoms with van der Waals surface area (Å²) in [7, 11) is 2.37. The Balaban J connectivity index is 5.13. The van der Waals surface area contributed by atoms with Gasteiger partial charge in [0.1, 0.15) is 17.7 Å². The van der Waals surface area contributed by atoms with Crippen molar-refractivity contribution in [1.82, 2.24) is 10.6 Å². The molecule has 0 saturated heterocycles. The predicted octanol–water partition coefficient (Wildman–Crippen LogP) is 0.514. The van der Waals surface area contributed by atoms with Crippen molar-refractivity contribution in [3.63, 3.8) is 0 Å². The van der Waals surface area contributed by atoms with E-state index < -0.39 is 41.6 Å². The quantitative estimate of drug-likeness (QED) is 0.363. The normalized spacial score (nSPS) is 12.8. The van der Waals surface area contributed by atoms with Gasteiger partial charge in [-0.15, -0.1) is 12.3 Å². The van der Waals surface area contributed by atoms with E-state index in [2.05, 4.69) is 26.0 Å². The summed E-state index contributed by atoms with van der Waals surface area (Å²) >= 11 is 0. The van der Waals surface area contributed by atoms with Crippen molar-refractivity contribution in [3.8, 4) is 12.3 Å². The summed E-state index contributed by atoms with van der Waals surface area (Å²) in [6.07, 6.45) is 4.08. The molecule has 0 aliphatic rings. The van der Waals surface area contributed by atoms with Gasteiger partial charge >= 0.3 is 18.0 Å². The van der Waals surface area contributed by atoms with Crippen LogP contribution in [0.25, 0.3) is 0 Å². The van der Waals surface area contributed by atoms with Crippen LogP contribution in [0.2, 0.25) is 0 Å². The molecule has 146 valence electrons. The predicted molar refractivity (Wildman–Crippen MR) is 91.8 cm³/mol. The van der Waals surface area contributed by atoms with Crippen LogP contribution in [-0.4, -0.2) is 55.8 Å². The second-order valence-electron chi connectivity index (χ2n) is 6.31. The average molecular weight is 370 g/mol. The summed E-state index contributed by atoms with van der Waals surface area (Å²) in [4.78, 5) is 47.4. The van der Waals surface area contributed by atoms with E-state index in [4.69, 9.17) is 11.2 Å². The molecule has 0 aliphatic carbocycles. The number of terminal acetylenes is 1. The van der Waals surface area contributed by atoms with E-state index in [0.717, 1.165) is 7.11 Å². The lowest BCUT2D eigenvalue weighted by Gasteiger charge is -2.24. The highest BCUT2D eigenvalue weighted by Crippen LogP contribution is 2.08. The minimum absolute atomic E-state index is 0.0539. The van der Waals surface area contributed by atoms with Crippen molar-refractivity contribution < 1.29 is 33.4 Å². The van der Waals surface area contributed by atoms with Gasteiger partial charge in [-0.1, -0.05) is 0 Å². The fourth-order valence-corrected chi connectivity index (χ4v) is 1.81. The molecular weight excluding hydrogens is 344 g/mol. The molecule has 0 saturated carbocycles. The van der Waals surface area contributed by atoms with Crippen LogP contribution in [0.1, 0.15) is 40.0 Å². The molecule has 26 heavy (non-hydrogen) atoms. The molecule has 2 N–H and O–H groups in total. The zero-order chi connectivity index (χ0) is 20.3. The van der Waals surface area contributed by atoms with E-state index in [9.17, 15) is 19.2 Å². The molecule has 0 bridgehead atoms. The van der Waals surface area contributed by atoms with Crippen molar-refractivity contribution in [2.24, 2.45) is 0 Å². The van der Waals surface area contributed by atoms with Crippen LogP contribution in [0.15, 0.2) is 0 Å². The Bertz CT molecular complexity index is 560. The number of hydrogen-bond acceptors (Lipinski definition) is 7. The van der Waals surface area contributed by atoms with Crippen molar-refractivity contribution in [2.45, 2.75) is 57.7 Å². The zero-order valence-electron chi connectivity index (χ0n) is 15.7. The second-order valence-corrected chi connectivity index (χ2v) is 6.31. The van der Waals surface area contributed by atoms with E-state index in [-0.39, 0.29) is 19.3 Å². The topological polar surface area (TPSA) is 120 Å². The average Bonchev–Trinajstić information content (AvgIpc) is 2.55. The highest BCUT2D eigenvalue weighted by atomic mass is 16.6. The molecular formula is C17H26N2O7. The van der Waals surface area contributed by atoms with E-state index in [0.29, 0.717) is 0 Å². The first-order valence-electron chi connectivity index (χ1n) is 7.92. The fourth-order valence-electron chi connectivity index (χ4n) is 1.81. The van der Waals surface area contributed by atoms with Gasteiger partial charge in [0, 0.05) is 12.8 Å². The summed E-state index contributed by atoms with van der Waals surface area (Å²) in [5.74, 6) is 0.278. The smallest absolute Gasteiger partial charge is 0.408 e. The summed E-state index contributed by atoms with van der Waals surface area (Å²) < 4.78 is 14.2. The number of carbonyl (C=O) groups excluding carboxylic acids is 4. The van der Waals surface area contributed by atoms with Crippen molar-refractivity contribution in [1.29, 1.82) is 0 Å². The van der Waals surface area contributed by atoms with Gasteiger partial charge in [0.15, 0.2) is 0 Å². The fraction of sp³-hybridized carbons (Fsp3) is 0.647. The molecule has 1 unspecified atom stereocenters. The van der Waals surface area contributed by atoms with E-state index in [1.54, 1.807) is 20.8 Å². The molecule has 0 spiro atoms. The monoisotopic (exact) mass is 370 g/mol. The SMILES string of the molecule is C#CCC(NC(=O)[C@H](CCC(=O)OC)NC(=O)OC(C)(C)C)C(=O)OC. The largest absolute Gasteiger partial charge is 0.469 e. The van der Waals surface area contributed by atoms with Crippen LogP contribution in [0.5, 0.6) is 0 Å². The molecule has 0 heterocycles. The Morgan fingerprint density at radius 1 is 1.04 bits per heavy atom. The third kappa shape index (κ3) is 9.52. The minimum Gasteiger partial charge on any atom is -0.469 e. The Hall–Kier alpha value is -2.76. The van der Waals surface area contributed by atoms with Crippen LogP contribution in [-0.2, 0) is 28.6 Å².